The zero-order valence-electron chi connectivity index (χ0n) is 29.4. The SMILES string of the molecule is C=C(C=O)CO.C=C(C=O)CO.CCCCCc1ccc(C2=CCC(C3CCC(C4CCC(C(CO)COC)CC4)CC3)CC2)cc1. The molecule has 0 heterocycles. The van der Waals surface area contributed by atoms with E-state index < -0.39 is 0 Å². The molecule has 2 atom stereocenters. The number of methoxy groups -OCH3 is 1. The van der Waals surface area contributed by atoms with E-state index in [9.17, 15) is 14.7 Å². The highest BCUT2D eigenvalue weighted by Crippen LogP contribution is 2.46. The molecule has 1 aromatic rings. The average Bonchev–Trinajstić information content (AvgIpc) is 3.14. The normalized spacial score (nSPS) is 24.7. The molecule has 47 heavy (non-hydrogen) atoms. The summed E-state index contributed by atoms with van der Waals surface area (Å²) in [6.45, 7) is 9.17. The Balaban J connectivity index is 0.000000546. The summed E-state index contributed by atoms with van der Waals surface area (Å²) in [5.41, 5.74) is 5.01. The summed E-state index contributed by atoms with van der Waals surface area (Å²) in [5, 5.41) is 25.7. The summed E-state index contributed by atoms with van der Waals surface area (Å²) >= 11 is 0. The molecule has 0 amide bonds. The van der Waals surface area contributed by atoms with Gasteiger partial charge in [-0.1, -0.05) is 63.3 Å². The van der Waals surface area contributed by atoms with Crippen LogP contribution in [0.5, 0.6) is 0 Å². The van der Waals surface area contributed by atoms with Crippen molar-refractivity contribution < 1.29 is 29.6 Å². The maximum atomic E-state index is 9.72. The maximum absolute atomic E-state index is 9.72. The highest BCUT2D eigenvalue weighted by atomic mass is 16.5. The number of benzene rings is 1. The Bertz CT molecular complexity index is 1040. The number of aldehydes is 2. The first-order valence-electron chi connectivity index (χ1n) is 18.2. The fourth-order valence-electron chi connectivity index (χ4n) is 7.81. The van der Waals surface area contributed by atoms with Gasteiger partial charge in [-0.05, 0) is 130 Å². The Kier molecular flexibility index (Phi) is 20.7. The fraction of sp³-hybridized carbons (Fsp3) is 0.659. The van der Waals surface area contributed by atoms with E-state index >= 15 is 0 Å². The van der Waals surface area contributed by atoms with Gasteiger partial charge in [0.15, 0.2) is 0 Å². The van der Waals surface area contributed by atoms with Crippen LogP contribution in [0.15, 0.2) is 54.6 Å². The van der Waals surface area contributed by atoms with E-state index in [1.165, 1.54) is 107 Å². The molecule has 6 nitrogen and oxygen atoms in total. The predicted octanol–water partition coefficient (Wildman–Crippen LogP) is 7.94. The summed E-state index contributed by atoms with van der Waals surface area (Å²) < 4.78 is 5.35. The van der Waals surface area contributed by atoms with Gasteiger partial charge in [-0.2, -0.15) is 0 Å². The highest BCUT2D eigenvalue weighted by molar-refractivity contribution is 5.72. The van der Waals surface area contributed by atoms with Crippen molar-refractivity contribution in [2.45, 2.75) is 103 Å². The molecule has 0 spiro atoms. The monoisotopic (exact) mass is 652 g/mol. The Morgan fingerprint density at radius 1 is 0.809 bits per heavy atom. The zero-order chi connectivity index (χ0) is 34.4. The molecule has 0 saturated heterocycles. The smallest absolute Gasteiger partial charge is 0.147 e. The molecule has 3 N–H and O–H groups in total. The van der Waals surface area contributed by atoms with Crippen molar-refractivity contribution in [1.82, 2.24) is 0 Å². The molecule has 0 radical (unpaired) electrons. The van der Waals surface area contributed by atoms with Crippen LogP contribution < -0.4 is 0 Å². The van der Waals surface area contributed by atoms with Crippen molar-refractivity contribution in [3.63, 3.8) is 0 Å². The minimum absolute atomic E-state index is 0.218. The Labute approximate surface area is 285 Å². The fourth-order valence-corrected chi connectivity index (χ4v) is 7.81. The van der Waals surface area contributed by atoms with Gasteiger partial charge in [0.25, 0.3) is 0 Å². The van der Waals surface area contributed by atoms with Crippen LogP contribution in [-0.2, 0) is 20.7 Å². The third-order valence-electron chi connectivity index (χ3n) is 10.8. The van der Waals surface area contributed by atoms with E-state index in [-0.39, 0.29) is 31.0 Å². The van der Waals surface area contributed by atoms with Gasteiger partial charge in [0.1, 0.15) is 12.6 Å². The van der Waals surface area contributed by atoms with E-state index in [1.807, 2.05) is 0 Å². The molecule has 3 aliphatic rings. The van der Waals surface area contributed by atoms with Crippen molar-refractivity contribution in [2.24, 2.45) is 35.5 Å². The predicted molar refractivity (Wildman–Crippen MR) is 193 cm³/mol. The van der Waals surface area contributed by atoms with Crippen LogP contribution in [0.1, 0.15) is 108 Å². The first-order chi connectivity index (χ1) is 22.8. The molecule has 2 unspecified atom stereocenters. The number of allylic oxidation sites excluding steroid dienone is 2. The number of aliphatic hydroxyl groups excluding tert-OH is 3. The van der Waals surface area contributed by atoms with Gasteiger partial charge in [-0.25, -0.2) is 0 Å². The van der Waals surface area contributed by atoms with Crippen LogP contribution in [0.25, 0.3) is 5.57 Å². The van der Waals surface area contributed by atoms with Gasteiger partial charge in [0.2, 0.25) is 0 Å². The quantitative estimate of drug-likeness (QED) is 0.101. The number of unbranched alkanes of at least 4 members (excludes halogenated alkanes) is 2. The first-order valence-corrected chi connectivity index (χ1v) is 18.2. The maximum Gasteiger partial charge on any atom is 0.147 e. The standard InChI is InChI=1S/C33H52O2.2C4H6O2/c1-3-4-5-6-25-7-9-26(10-8-25)27-11-13-28(14-12-27)29-15-17-30(18-16-29)31-19-21-32(22-20-31)33(23-34)24-35-2;2*1-4(2-5)3-6/h7-11,28-34H,3-6,12-24H2,1-2H3;2*2,6H,1,3H2. The Morgan fingerprint density at radius 2 is 1.34 bits per heavy atom. The number of carbonyl (C=O) groups excluding carboxylic acids is 2. The summed E-state index contributed by atoms with van der Waals surface area (Å²) in [4.78, 5) is 19.0. The lowest BCUT2D eigenvalue weighted by Crippen LogP contribution is -2.32. The second-order valence-corrected chi connectivity index (χ2v) is 14.0. The van der Waals surface area contributed by atoms with Crippen LogP contribution in [0.2, 0.25) is 0 Å². The number of hydrogen-bond donors (Lipinski definition) is 3. The van der Waals surface area contributed by atoms with Crippen LogP contribution in [0, 0.1) is 35.5 Å². The van der Waals surface area contributed by atoms with E-state index in [2.05, 4.69) is 50.4 Å². The van der Waals surface area contributed by atoms with Gasteiger partial charge >= 0.3 is 0 Å². The molecule has 2 fully saturated rings. The van der Waals surface area contributed by atoms with Crippen molar-refractivity contribution in [2.75, 3.05) is 33.5 Å². The summed E-state index contributed by atoms with van der Waals surface area (Å²) in [6, 6.07) is 9.50. The number of aliphatic hydroxyl groups is 3. The third-order valence-corrected chi connectivity index (χ3v) is 10.8. The van der Waals surface area contributed by atoms with Crippen molar-refractivity contribution in [3.8, 4) is 0 Å². The molecule has 0 aromatic heterocycles. The van der Waals surface area contributed by atoms with Crippen LogP contribution in [0.4, 0.5) is 0 Å². The number of ether oxygens (including phenoxy) is 1. The van der Waals surface area contributed by atoms with Gasteiger partial charge in [0, 0.05) is 30.8 Å². The summed E-state index contributed by atoms with van der Waals surface area (Å²) in [7, 11) is 1.77. The van der Waals surface area contributed by atoms with Crippen LogP contribution in [0.3, 0.4) is 0 Å². The number of rotatable bonds is 15. The Hall–Kier alpha value is -2.38. The van der Waals surface area contributed by atoms with Crippen molar-refractivity contribution >= 4 is 18.1 Å². The Morgan fingerprint density at radius 3 is 1.74 bits per heavy atom. The molecule has 6 heteroatoms. The summed E-state index contributed by atoms with van der Waals surface area (Å²) in [6.07, 6.45) is 24.0. The van der Waals surface area contributed by atoms with E-state index in [1.54, 1.807) is 12.7 Å². The van der Waals surface area contributed by atoms with Crippen molar-refractivity contribution in [3.05, 3.63) is 65.8 Å². The van der Waals surface area contributed by atoms with Crippen molar-refractivity contribution in [1.29, 1.82) is 0 Å². The minimum Gasteiger partial charge on any atom is -0.396 e. The zero-order valence-corrected chi connectivity index (χ0v) is 29.4. The molecule has 2 saturated carbocycles. The molecule has 0 aliphatic heterocycles. The van der Waals surface area contributed by atoms with Gasteiger partial charge < -0.3 is 20.1 Å². The highest BCUT2D eigenvalue weighted by Gasteiger charge is 2.35. The van der Waals surface area contributed by atoms with Gasteiger partial charge in [0.05, 0.1) is 19.8 Å². The van der Waals surface area contributed by atoms with E-state index in [4.69, 9.17) is 14.9 Å². The second kappa shape index (κ2) is 23.9. The number of carbonyl (C=O) groups is 2. The van der Waals surface area contributed by atoms with Crippen LogP contribution >= 0.6 is 0 Å². The molecule has 4 rings (SSSR count). The average molecular weight is 653 g/mol. The third kappa shape index (κ3) is 14.7. The lowest BCUT2D eigenvalue weighted by atomic mass is 9.65. The number of hydrogen-bond acceptors (Lipinski definition) is 6. The van der Waals surface area contributed by atoms with Crippen LogP contribution in [-0.4, -0.2) is 61.4 Å². The molecule has 0 bridgehead atoms. The van der Waals surface area contributed by atoms with E-state index in [0.29, 0.717) is 24.4 Å². The van der Waals surface area contributed by atoms with Gasteiger partial charge in [-0.3, -0.25) is 9.59 Å². The first kappa shape index (κ1) is 40.8. The lowest BCUT2D eigenvalue weighted by molar-refractivity contribution is -0.106. The topological polar surface area (TPSA) is 104 Å². The molecule has 1 aromatic carbocycles. The largest absolute Gasteiger partial charge is 0.396 e. The minimum atomic E-state index is -0.233. The molecule has 3 aliphatic carbocycles. The van der Waals surface area contributed by atoms with E-state index in [0.717, 1.165) is 30.3 Å². The summed E-state index contributed by atoms with van der Waals surface area (Å²) in [5.74, 6) is 4.81. The second-order valence-electron chi connectivity index (χ2n) is 14.0. The number of aryl methyl sites for hydroxylation is 1. The lowest BCUT2D eigenvalue weighted by Gasteiger charge is -2.41. The molecular formula is C41H64O6. The molecular weight excluding hydrogens is 588 g/mol. The van der Waals surface area contributed by atoms with Gasteiger partial charge in [-0.15, -0.1) is 0 Å². The molecule has 264 valence electrons.